The van der Waals surface area contributed by atoms with Gasteiger partial charge in [0, 0.05) is 24.5 Å². The Bertz CT molecular complexity index is 858. The maximum absolute atomic E-state index is 11.7. The molecule has 0 saturated heterocycles. The van der Waals surface area contributed by atoms with Crippen LogP contribution in [0.4, 0.5) is 5.82 Å². The third-order valence-electron chi connectivity index (χ3n) is 3.81. The van der Waals surface area contributed by atoms with E-state index in [0.717, 1.165) is 16.9 Å². The molecule has 1 heterocycles. The number of hydrogen-bond donors (Lipinski definition) is 2. The summed E-state index contributed by atoms with van der Waals surface area (Å²) in [4.78, 5) is 16.3. The maximum atomic E-state index is 11.7. The minimum absolute atomic E-state index is 0.0773. The first-order chi connectivity index (χ1) is 11.2. The number of anilines is 1. The molecule has 4 nitrogen and oxygen atoms in total. The molecule has 0 radical (unpaired) electrons. The number of hydrogen-bond acceptors (Lipinski definition) is 3. The molecule has 0 atom stereocenters. The molecule has 3 aromatic rings. The summed E-state index contributed by atoms with van der Waals surface area (Å²) < 4.78 is 0. The van der Waals surface area contributed by atoms with Crippen molar-refractivity contribution in [2.24, 2.45) is 0 Å². The summed E-state index contributed by atoms with van der Waals surface area (Å²) in [6.07, 6.45) is 0. The highest BCUT2D eigenvalue weighted by atomic mass is 16.1. The molecule has 0 unspecified atom stereocenters. The molecule has 3 rings (SSSR count). The first kappa shape index (κ1) is 15.0. The molecule has 2 aromatic carbocycles. The summed E-state index contributed by atoms with van der Waals surface area (Å²) >= 11 is 0. The summed E-state index contributed by atoms with van der Waals surface area (Å²) in [6, 6.07) is 17.7. The van der Waals surface area contributed by atoms with Gasteiger partial charge in [0.25, 0.3) is 5.91 Å². The molecule has 0 fully saturated rings. The highest BCUT2D eigenvalue weighted by Gasteiger charge is 2.05. The molecule has 1 amide bonds. The van der Waals surface area contributed by atoms with E-state index in [1.807, 2.05) is 42.5 Å². The van der Waals surface area contributed by atoms with Gasteiger partial charge in [-0.3, -0.25) is 4.79 Å². The highest BCUT2D eigenvalue weighted by Crippen LogP contribution is 2.20. The van der Waals surface area contributed by atoms with Crippen molar-refractivity contribution in [2.75, 3.05) is 12.4 Å². The number of benzene rings is 2. The zero-order valence-electron chi connectivity index (χ0n) is 13.3. The van der Waals surface area contributed by atoms with E-state index in [4.69, 9.17) is 0 Å². The van der Waals surface area contributed by atoms with Gasteiger partial charge < -0.3 is 10.6 Å². The van der Waals surface area contributed by atoms with Crippen LogP contribution in [0, 0.1) is 6.92 Å². The third-order valence-corrected chi connectivity index (χ3v) is 3.81. The third kappa shape index (κ3) is 3.31. The van der Waals surface area contributed by atoms with E-state index in [-0.39, 0.29) is 5.91 Å². The zero-order valence-corrected chi connectivity index (χ0v) is 13.3. The van der Waals surface area contributed by atoms with Gasteiger partial charge in [-0.15, -0.1) is 0 Å². The maximum Gasteiger partial charge on any atom is 0.251 e. The number of nitrogens with one attached hydrogen (secondary N) is 2. The number of rotatable bonds is 4. The van der Waals surface area contributed by atoms with Gasteiger partial charge in [0.15, 0.2) is 0 Å². The number of carbonyl (C=O) groups excluding carboxylic acids is 1. The van der Waals surface area contributed by atoms with Gasteiger partial charge in [-0.1, -0.05) is 30.3 Å². The molecule has 0 spiro atoms. The number of pyridine rings is 1. The molecular formula is C19H19N3O. The van der Waals surface area contributed by atoms with E-state index in [0.29, 0.717) is 12.1 Å². The quantitative estimate of drug-likeness (QED) is 0.775. The second-order valence-electron chi connectivity index (χ2n) is 5.47. The lowest BCUT2D eigenvalue weighted by Gasteiger charge is -2.10. The summed E-state index contributed by atoms with van der Waals surface area (Å²) in [6.45, 7) is 2.71. The second kappa shape index (κ2) is 6.48. The predicted octanol–water partition coefficient (Wildman–Crippen LogP) is 3.51. The molecule has 0 aliphatic heterocycles. The second-order valence-corrected chi connectivity index (χ2v) is 5.47. The fraction of sp³-hybridized carbons (Fsp3) is 0.158. The first-order valence-corrected chi connectivity index (χ1v) is 7.58. The average molecular weight is 305 g/mol. The predicted molar refractivity (Wildman–Crippen MR) is 93.6 cm³/mol. The summed E-state index contributed by atoms with van der Waals surface area (Å²) in [5.41, 5.74) is 3.87. The van der Waals surface area contributed by atoms with Gasteiger partial charge in [-0.2, -0.15) is 0 Å². The molecule has 0 bridgehead atoms. The number of nitrogens with zero attached hydrogens (tertiary/aromatic N) is 1. The van der Waals surface area contributed by atoms with Gasteiger partial charge in [-0.05, 0) is 42.3 Å². The lowest BCUT2D eigenvalue weighted by molar-refractivity contribution is 0.0963. The van der Waals surface area contributed by atoms with E-state index in [1.165, 1.54) is 10.9 Å². The number of aromatic nitrogens is 1. The van der Waals surface area contributed by atoms with Gasteiger partial charge in [0.1, 0.15) is 5.82 Å². The Balaban J connectivity index is 1.79. The van der Waals surface area contributed by atoms with Crippen LogP contribution in [0.25, 0.3) is 10.9 Å². The van der Waals surface area contributed by atoms with Crippen LogP contribution in [0.2, 0.25) is 0 Å². The molecular weight excluding hydrogens is 286 g/mol. The first-order valence-electron chi connectivity index (χ1n) is 7.58. The van der Waals surface area contributed by atoms with Crippen molar-refractivity contribution < 1.29 is 4.79 Å². The van der Waals surface area contributed by atoms with Crippen LogP contribution in [0.1, 0.15) is 21.5 Å². The van der Waals surface area contributed by atoms with Crippen molar-refractivity contribution in [2.45, 2.75) is 13.5 Å². The number of fused-ring (bicyclic) bond motifs is 1. The van der Waals surface area contributed by atoms with Gasteiger partial charge in [0.2, 0.25) is 0 Å². The molecule has 0 aliphatic carbocycles. The van der Waals surface area contributed by atoms with Crippen molar-refractivity contribution in [3.05, 3.63) is 71.3 Å². The highest BCUT2D eigenvalue weighted by molar-refractivity contribution is 5.94. The monoisotopic (exact) mass is 305 g/mol. The van der Waals surface area contributed by atoms with Crippen LogP contribution in [0.3, 0.4) is 0 Å². The summed E-state index contributed by atoms with van der Waals surface area (Å²) in [5, 5.41) is 7.14. The van der Waals surface area contributed by atoms with Crippen molar-refractivity contribution in [3.8, 4) is 0 Å². The van der Waals surface area contributed by atoms with E-state index in [1.54, 1.807) is 13.1 Å². The average Bonchev–Trinajstić information content (AvgIpc) is 2.59. The van der Waals surface area contributed by atoms with E-state index < -0.39 is 0 Å². The number of amides is 1. The van der Waals surface area contributed by atoms with E-state index in [2.05, 4.69) is 28.6 Å². The number of carbonyl (C=O) groups is 1. The zero-order chi connectivity index (χ0) is 16.2. The lowest BCUT2D eigenvalue weighted by Crippen LogP contribution is -2.18. The van der Waals surface area contributed by atoms with Crippen molar-refractivity contribution in [1.29, 1.82) is 0 Å². The molecule has 0 saturated carbocycles. The largest absolute Gasteiger partial charge is 0.366 e. The molecule has 4 heteroatoms. The minimum Gasteiger partial charge on any atom is -0.366 e. The Hall–Kier alpha value is -2.88. The molecule has 116 valence electrons. The van der Waals surface area contributed by atoms with Crippen molar-refractivity contribution >= 4 is 22.6 Å². The van der Waals surface area contributed by atoms with Gasteiger partial charge in [0.05, 0.1) is 5.52 Å². The van der Waals surface area contributed by atoms with Crippen LogP contribution >= 0.6 is 0 Å². The van der Waals surface area contributed by atoms with Crippen molar-refractivity contribution in [3.63, 3.8) is 0 Å². The van der Waals surface area contributed by atoms with Crippen LogP contribution in [0.5, 0.6) is 0 Å². The summed E-state index contributed by atoms with van der Waals surface area (Å²) in [7, 11) is 1.63. The smallest absolute Gasteiger partial charge is 0.251 e. The Morgan fingerprint density at radius 3 is 2.74 bits per heavy atom. The Labute approximate surface area is 135 Å². The standard InChI is InChI=1S/C19H19N3O/c1-13-10-18(22-17-9-4-3-8-16(13)17)21-12-14-6-5-7-15(11-14)19(23)20-2/h3-11H,12H2,1-2H3,(H,20,23)(H,21,22). The van der Waals surface area contributed by atoms with Crippen LogP contribution in [-0.4, -0.2) is 17.9 Å². The lowest BCUT2D eigenvalue weighted by atomic mass is 10.1. The molecule has 0 aliphatic rings. The van der Waals surface area contributed by atoms with E-state index >= 15 is 0 Å². The van der Waals surface area contributed by atoms with Gasteiger partial charge in [-0.25, -0.2) is 4.98 Å². The SMILES string of the molecule is CNC(=O)c1cccc(CNc2cc(C)c3ccccc3n2)c1. The Kier molecular flexibility index (Phi) is 4.24. The number of para-hydroxylation sites is 1. The van der Waals surface area contributed by atoms with Crippen molar-refractivity contribution in [1.82, 2.24) is 10.3 Å². The Morgan fingerprint density at radius 1 is 1.09 bits per heavy atom. The van der Waals surface area contributed by atoms with Gasteiger partial charge >= 0.3 is 0 Å². The van der Waals surface area contributed by atoms with Crippen LogP contribution in [0.15, 0.2) is 54.6 Å². The summed E-state index contributed by atoms with van der Waals surface area (Å²) in [5.74, 6) is 0.762. The fourth-order valence-electron chi connectivity index (χ4n) is 2.60. The molecule has 1 aromatic heterocycles. The number of aryl methyl sites for hydroxylation is 1. The normalized spacial score (nSPS) is 10.5. The topological polar surface area (TPSA) is 54.0 Å². The minimum atomic E-state index is -0.0773. The van der Waals surface area contributed by atoms with E-state index in [9.17, 15) is 4.79 Å². The Morgan fingerprint density at radius 2 is 1.91 bits per heavy atom. The molecule has 23 heavy (non-hydrogen) atoms. The molecule has 2 N–H and O–H groups in total. The van der Waals surface area contributed by atoms with Crippen LogP contribution in [-0.2, 0) is 6.54 Å². The fourth-order valence-corrected chi connectivity index (χ4v) is 2.60. The van der Waals surface area contributed by atoms with Crippen LogP contribution < -0.4 is 10.6 Å².